The minimum absolute atomic E-state index is 0.254. The summed E-state index contributed by atoms with van der Waals surface area (Å²) in [6.07, 6.45) is -0.102. The molecule has 1 aliphatic heterocycles. The van der Waals surface area contributed by atoms with Gasteiger partial charge in [-0.2, -0.15) is 4.31 Å². The van der Waals surface area contributed by atoms with E-state index >= 15 is 0 Å². The number of piperidine rings is 1. The molecule has 1 unspecified atom stereocenters. The van der Waals surface area contributed by atoms with Gasteiger partial charge in [0.2, 0.25) is 10.0 Å². The van der Waals surface area contributed by atoms with Crippen LogP contribution >= 0.6 is 0 Å². The Bertz CT molecular complexity index is 781. The average molecular weight is 411 g/mol. The van der Waals surface area contributed by atoms with Gasteiger partial charge < -0.3 is 10.1 Å². The molecule has 0 bridgehead atoms. The molecule has 1 saturated heterocycles. The summed E-state index contributed by atoms with van der Waals surface area (Å²) < 4.78 is 32.1. The SMILES string of the molecule is Cc1ccc(S(=O)(=O)N2CCC(C(=O)OC(C)C(=O)NCC(C)C)CC2)cc1. The molecule has 1 fully saturated rings. The third-order valence-corrected chi connectivity index (χ3v) is 6.71. The smallest absolute Gasteiger partial charge is 0.309 e. The van der Waals surface area contributed by atoms with E-state index < -0.39 is 28.0 Å². The number of carbonyl (C=O) groups excluding carboxylic acids is 2. The van der Waals surface area contributed by atoms with Gasteiger partial charge in [0.25, 0.3) is 5.91 Å². The second-order valence-electron chi connectivity index (χ2n) is 7.71. The molecule has 0 spiro atoms. The van der Waals surface area contributed by atoms with E-state index in [0.29, 0.717) is 25.3 Å². The Morgan fingerprint density at radius 2 is 1.71 bits per heavy atom. The normalized spacial score (nSPS) is 17.3. The summed E-state index contributed by atoms with van der Waals surface area (Å²) in [6, 6.07) is 6.73. The Morgan fingerprint density at radius 3 is 2.25 bits per heavy atom. The van der Waals surface area contributed by atoms with E-state index in [1.807, 2.05) is 20.8 Å². The largest absolute Gasteiger partial charge is 0.452 e. The number of ether oxygens (including phenoxy) is 1. The number of hydrogen-bond acceptors (Lipinski definition) is 5. The lowest BCUT2D eigenvalue weighted by Gasteiger charge is -2.30. The molecule has 2 rings (SSSR count). The fourth-order valence-electron chi connectivity index (χ4n) is 2.96. The van der Waals surface area contributed by atoms with Gasteiger partial charge in [0.15, 0.2) is 6.10 Å². The Balaban J connectivity index is 1.88. The fourth-order valence-corrected chi connectivity index (χ4v) is 4.43. The Hall–Kier alpha value is -1.93. The second-order valence-corrected chi connectivity index (χ2v) is 9.65. The number of sulfonamides is 1. The maximum atomic E-state index is 12.7. The first-order valence-electron chi connectivity index (χ1n) is 9.66. The highest BCUT2D eigenvalue weighted by Crippen LogP contribution is 2.25. The number of amides is 1. The van der Waals surface area contributed by atoms with E-state index in [-0.39, 0.29) is 23.9 Å². The minimum Gasteiger partial charge on any atom is -0.452 e. The number of nitrogens with one attached hydrogen (secondary N) is 1. The molecular weight excluding hydrogens is 380 g/mol. The van der Waals surface area contributed by atoms with E-state index in [4.69, 9.17) is 4.74 Å². The van der Waals surface area contributed by atoms with Crippen molar-refractivity contribution < 1.29 is 22.7 Å². The summed E-state index contributed by atoms with van der Waals surface area (Å²) >= 11 is 0. The molecular formula is C20H30N2O5S. The third kappa shape index (κ3) is 5.78. The Kier molecular flexibility index (Phi) is 7.60. The van der Waals surface area contributed by atoms with E-state index in [1.54, 1.807) is 31.2 Å². The standard InChI is InChI=1S/C20H30N2O5S/c1-14(2)13-21-19(23)16(4)27-20(24)17-9-11-22(12-10-17)28(25,26)18-7-5-15(3)6-8-18/h5-8,14,16-17H,9-13H2,1-4H3,(H,21,23). The van der Waals surface area contributed by atoms with Crippen LogP contribution in [0.3, 0.4) is 0 Å². The van der Waals surface area contributed by atoms with Crippen molar-refractivity contribution in [1.82, 2.24) is 9.62 Å². The van der Waals surface area contributed by atoms with Gasteiger partial charge >= 0.3 is 5.97 Å². The van der Waals surface area contributed by atoms with Gasteiger partial charge in [-0.3, -0.25) is 9.59 Å². The lowest BCUT2D eigenvalue weighted by atomic mass is 9.98. The molecule has 1 aliphatic rings. The number of hydrogen-bond donors (Lipinski definition) is 1. The number of rotatable bonds is 7. The van der Waals surface area contributed by atoms with Crippen LogP contribution in [0.25, 0.3) is 0 Å². The maximum absolute atomic E-state index is 12.7. The van der Waals surface area contributed by atoms with Crippen molar-refractivity contribution in [2.75, 3.05) is 19.6 Å². The summed E-state index contributed by atoms with van der Waals surface area (Å²) in [4.78, 5) is 24.6. The zero-order valence-corrected chi connectivity index (χ0v) is 17.8. The minimum atomic E-state index is -3.56. The highest BCUT2D eigenvalue weighted by molar-refractivity contribution is 7.89. The van der Waals surface area contributed by atoms with Crippen LogP contribution in [0.4, 0.5) is 0 Å². The van der Waals surface area contributed by atoms with Crippen molar-refractivity contribution in [3.63, 3.8) is 0 Å². The predicted molar refractivity (Wildman–Crippen MR) is 106 cm³/mol. The molecule has 0 saturated carbocycles. The highest BCUT2D eigenvalue weighted by atomic mass is 32.2. The summed E-state index contributed by atoms with van der Waals surface area (Å²) in [5, 5.41) is 2.74. The molecule has 8 heteroatoms. The Labute approximate surface area is 167 Å². The van der Waals surface area contributed by atoms with Crippen LogP contribution in [0, 0.1) is 18.8 Å². The zero-order valence-electron chi connectivity index (χ0n) is 17.0. The molecule has 1 aromatic carbocycles. The van der Waals surface area contributed by atoms with Gasteiger partial charge in [-0.15, -0.1) is 0 Å². The zero-order chi connectivity index (χ0) is 20.9. The molecule has 1 heterocycles. The topological polar surface area (TPSA) is 92.8 Å². The quantitative estimate of drug-likeness (QED) is 0.695. The molecule has 7 nitrogen and oxygen atoms in total. The van der Waals surface area contributed by atoms with Gasteiger partial charge in [0, 0.05) is 19.6 Å². The Morgan fingerprint density at radius 1 is 1.14 bits per heavy atom. The van der Waals surface area contributed by atoms with Gasteiger partial charge in [0.05, 0.1) is 10.8 Å². The third-order valence-electron chi connectivity index (χ3n) is 4.79. The van der Waals surface area contributed by atoms with Crippen molar-refractivity contribution in [2.45, 2.75) is 51.5 Å². The van der Waals surface area contributed by atoms with Crippen molar-refractivity contribution in [2.24, 2.45) is 11.8 Å². The molecule has 156 valence electrons. The van der Waals surface area contributed by atoms with Crippen molar-refractivity contribution in [3.8, 4) is 0 Å². The van der Waals surface area contributed by atoms with Crippen molar-refractivity contribution >= 4 is 21.9 Å². The van der Waals surface area contributed by atoms with Crippen LogP contribution in [0.1, 0.15) is 39.2 Å². The first-order valence-corrected chi connectivity index (χ1v) is 11.1. The molecule has 1 aromatic rings. The van der Waals surface area contributed by atoms with Crippen molar-refractivity contribution in [1.29, 1.82) is 0 Å². The number of aryl methyl sites for hydroxylation is 1. The summed E-state index contributed by atoms with van der Waals surface area (Å²) in [5.74, 6) is -0.850. The van der Waals surface area contributed by atoms with Crippen LogP contribution in [-0.4, -0.2) is 50.3 Å². The first-order chi connectivity index (χ1) is 13.1. The average Bonchev–Trinajstić information content (AvgIpc) is 2.66. The number of esters is 1. The number of benzene rings is 1. The van der Waals surface area contributed by atoms with E-state index in [9.17, 15) is 18.0 Å². The molecule has 1 amide bonds. The maximum Gasteiger partial charge on any atom is 0.309 e. The fraction of sp³-hybridized carbons (Fsp3) is 0.600. The molecule has 0 aliphatic carbocycles. The number of carbonyl (C=O) groups is 2. The lowest BCUT2D eigenvalue weighted by Crippen LogP contribution is -2.42. The van der Waals surface area contributed by atoms with Gasteiger partial charge in [-0.1, -0.05) is 31.5 Å². The molecule has 28 heavy (non-hydrogen) atoms. The van der Waals surface area contributed by atoms with Gasteiger partial charge in [-0.05, 0) is 44.7 Å². The van der Waals surface area contributed by atoms with Crippen molar-refractivity contribution in [3.05, 3.63) is 29.8 Å². The van der Waals surface area contributed by atoms with E-state index in [2.05, 4.69) is 5.32 Å². The molecule has 0 radical (unpaired) electrons. The summed E-state index contributed by atoms with van der Waals surface area (Å²) in [6.45, 7) is 8.44. The first kappa shape index (κ1) is 22.4. The predicted octanol–water partition coefficient (Wildman–Crippen LogP) is 2.10. The van der Waals surface area contributed by atoms with Crippen LogP contribution in [0.5, 0.6) is 0 Å². The molecule has 0 aromatic heterocycles. The molecule has 1 N–H and O–H groups in total. The molecule has 1 atom stereocenters. The second kappa shape index (κ2) is 9.52. The van der Waals surface area contributed by atoms with Gasteiger partial charge in [0.1, 0.15) is 0 Å². The lowest BCUT2D eigenvalue weighted by molar-refractivity contribution is -0.159. The monoisotopic (exact) mass is 410 g/mol. The summed E-state index contributed by atoms with van der Waals surface area (Å²) in [5.41, 5.74) is 0.993. The summed E-state index contributed by atoms with van der Waals surface area (Å²) in [7, 11) is -3.56. The van der Waals surface area contributed by atoms with Gasteiger partial charge in [-0.25, -0.2) is 8.42 Å². The van der Waals surface area contributed by atoms with Crippen LogP contribution in [-0.2, 0) is 24.3 Å². The van der Waals surface area contributed by atoms with Crippen LogP contribution in [0.15, 0.2) is 29.2 Å². The van der Waals surface area contributed by atoms with Crippen LogP contribution in [0.2, 0.25) is 0 Å². The van der Waals surface area contributed by atoms with E-state index in [1.165, 1.54) is 4.31 Å². The van der Waals surface area contributed by atoms with Crippen LogP contribution < -0.4 is 5.32 Å². The number of nitrogens with zero attached hydrogens (tertiary/aromatic N) is 1. The van der Waals surface area contributed by atoms with E-state index in [0.717, 1.165) is 5.56 Å². The highest BCUT2D eigenvalue weighted by Gasteiger charge is 2.33.